The molecule has 1 saturated carbocycles. The smallest absolute Gasteiger partial charge is 0.245 e. The van der Waals surface area contributed by atoms with Gasteiger partial charge < -0.3 is 9.52 Å². The minimum absolute atomic E-state index is 0.00307. The summed E-state index contributed by atoms with van der Waals surface area (Å²) >= 11 is 4.80. The van der Waals surface area contributed by atoms with Crippen LogP contribution in [0.5, 0.6) is 0 Å². The molecular weight excluding hydrogens is 366 g/mol. The van der Waals surface area contributed by atoms with Crippen LogP contribution in [0, 0.1) is 0 Å². The fourth-order valence-corrected chi connectivity index (χ4v) is 5.56. The molecule has 114 valence electrons. The highest BCUT2D eigenvalue weighted by molar-refractivity contribution is 9.10. The number of hydrogen-bond donors (Lipinski definition) is 2. The Morgan fingerprint density at radius 2 is 2.15 bits per heavy atom. The third-order valence-corrected chi connectivity index (χ3v) is 7.36. The molecule has 2 N–H and O–H groups in total. The Hall–Kier alpha value is -0.0200. The molecule has 0 amide bonds. The third kappa shape index (κ3) is 3.41. The number of hydrogen-bond acceptors (Lipinski definition) is 5. The Labute approximate surface area is 131 Å². The second-order valence-electron chi connectivity index (χ2n) is 4.93. The molecule has 0 bridgehead atoms. The number of halogens is 1. The van der Waals surface area contributed by atoms with Crippen molar-refractivity contribution in [3.8, 4) is 0 Å². The van der Waals surface area contributed by atoms with Crippen molar-refractivity contribution in [3.05, 3.63) is 16.5 Å². The van der Waals surface area contributed by atoms with Crippen LogP contribution in [0.15, 0.2) is 20.0 Å². The Morgan fingerprint density at radius 1 is 1.50 bits per heavy atom. The van der Waals surface area contributed by atoms with Crippen molar-refractivity contribution in [1.29, 1.82) is 0 Å². The van der Waals surface area contributed by atoms with E-state index in [1.54, 1.807) is 11.8 Å². The van der Waals surface area contributed by atoms with Gasteiger partial charge in [0.15, 0.2) is 4.67 Å². The molecule has 1 aliphatic rings. The van der Waals surface area contributed by atoms with Crippen LogP contribution in [-0.4, -0.2) is 31.1 Å². The van der Waals surface area contributed by atoms with Gasteiger partial charge in [-0.3, -0.25) is 0 Å². The summed E-state index contributed by atoms with van der Waals surface area (Å²) in [5.41, 5.74) is 0. The normalized spacial score (nSPS) is 18.6. The van der Waals surface area contributed by atoms with Crippen molar-refractivity contribution in [2.75, 3.05) is 12.8 Å². The van der Waals surface area contributed by atoms with Crippen LogP contribution in [0.4, 0.5) is 0 Å². The molecule has 1 aromatic heterocycles. The van der Waals surface area contributed by atoms with E-state index in [1.165, 1.54) is 6.07 Å². The van der Waals surface area contributed by atoms with E-state index in [9.17, 15) is 8.42 Å². The number of nitrogens with one attached hydrogen (secondary N) is 1. The van der Waals surface area contributed by atoms with Crippen molar-refractivity contribution < 1.29 is 17.9 Å². The quantitative estimate of drug-likeness (QED) is 0.788. The molecule has 1 heterocycles. The lowest BCUT2D eigenvalue weighted by molar-refractivity contribution is 0.245. The molecule has 0 spiro atoms. The zero-order valence-electron chi connectivity index (χ0n) is 11.2. The van der Waals surface area contributed by atoms with Crippen LogP contribution < -0.4 is 4.72 Å². The van der Waals surface area contributed by atoms with Crippen LogP contribution in [0.2, 0.25) is 0 Å². The number of aliphatic hydroxyl groups excluding tert-OH is 1. The highest BCUT2D eigenvalue weighted by Gasteiger charge is 2.35. The lowest BCUT2D eigenvalue weighted by atomic mass is 10.1. The average Bonchev–Trinajstić information content (AvgIpc) is 3.04. The summed E-state index contributed by atoms with van der Waals surface area (Å²) in [6.07, 6.45) is 6.38. The van der Waals surface area contributed by atoms with Crippen LogP contribution in [0.1, 0.15) is 31.4 Å². The van der Waals surface area contributed by atoms with Gasteiger partial charge in [0, 0.05) is 17.4 Å². The summed E-state index contributed by atoms with van der Waals surface area (Å²) in [6.45, 7) is 0.0887. The predicted octanol–water partition coefficient (Wildman–Crippen LogP) is 2.49. The first-order valence-electron chi connectivity index (χ1n) is 6.36. The van der Waals surface area contributed by atoms with Crippen LogP contribution in [-0.2, 0) is 16.6 Å². The molecule has 1 aliphatic carbocycles. The maximum Gasteiger partial charge on any atom is 0.245 e. The van der Waals surface area contributed by atoms with E-state index >= 15 is 0 Å². The molecule has 0 aromatic carbocycles. The lowest BCUT2D eigenvalue weighted by Gasteiger charge is -2.26. The van der Waals surface area contributed by atoms with Crippen molar-refractivity contribution in [2.45, 2.75) is 41.9 Å². The fourth-order valence-electron chi connectivity index (χ4n) is 2.44. The van der Waals surface area contributed by atoms with Crippen molar-refractivity contribution in [1.82, 2.24) is 4.72 Å². The Balaban J connectivity index is 2.12. The van der Waals surface area contributed by atoms with Crippen molar-refractivity contribution in [3.63, 3.8) is 0 Å². The van der Waals surface area contributed by atoms with E-state index in [0.717, 1.165) is 25.7 Å². The van der Waals surface area contributed by atoms with E-state index in [-0.39, 0.29) is 26.7 Å². The SMILES string of the molecule is CSC1(CNS(=O)(=O)c2cc(CO)oc2Br)CCCC1. The number of furan rings is 1. The Morgan fingerprint density at radius 3 is 2.65 bits per heavy atom. The number of thioether (sulfide) groups is 1. The van der Waals surface area contributed by atoms with Gasteiger partial charge in [0.1, 0.15) is 17.3 Å². The van der Waals surface area contributed by atoms with Gasteiger partial charge in [-0.2, -0.15) is 11.8 Å². The first-order chi connectivity index (χ1) is 9.42. The Bertz CT molecular complexity index is 564. The van der Waals surface area contributed by atoms with Gasteiger partial charge in [-0.25, -0.2) is 13.1 Å². The van der Waals surface area contributed by atoms with E-state index < -0.39 is 10.0 Å². The zero-order chi connectivity index (χ0) is 14.8. The second kappa shape index (κ2) is 6.39. The van der Waals surface area contributed by atoms with Gasteiger partial charge in [-0.1, -0.05) is 12.8 Å². The van der Waals surface area contributed by atoms with Crippen LogP contribution in [0.3, 0.4) is 0 Å². The molecule has 5 nitrogen and oxygen atoms in total. The molecule has 0 unspecified atom stereocenters. The molecule has 0 aliphatic heterocycles. The zero-order valence-corrected chi connectivity index (χ0v) is 14.4. The summed E-state index contributed by atoms with van der Waals surface area (Å²) in [6, 6.07) is 1.34. The topological polar surface area (TPSA) is 79.5 Å². The first kappa shape index (κ1) is 16.4. The van der Waals surface area contributed by atoms with Gasteiger partial charge >= 0.3 is 0 Å². The molecule has 2 rings (SSSR count). The Kier molecular flexibility index (Phi) is 5.23. The minimum Gasteiger partial charge on any atom is -0.450 e. The maximum absolute atomic E-state index is 12.3. The lowest BCUT2D eigenvalue weighted by Crippen LogP contribution is -2.38. The van der Waals surface area contributed by atoms with E-state index in [0.29, 0.717) is 6.54 Å². The van der Waals surface area contributed by atoms with Crippen molar-refractivity contribution >= 4 is 37.7 Å². The van der Waals surface area contributed by atoms with Gasteiger partial charge in [0.05, 0.1) is 0 Å². The van der Waals surface area contributed by atoms with Gasteiger partial charge in [-0.15, -0.1) is 0 Å². The van der Waals surface area contributed by atoms with Crippen molar-refractivity contribution in [2.24, 2.45) is 0 Å². The fraction of sp³-hybridized carbons (Fsp3) is 0.667. The largest absolute Gasteiger partial charge is 0.450 e. The first-order valence-corrected chi connectivity index (χ1v) is 9.86. The van der Waals surface area contributed by atoms with Crippen LogP contribution >= 0.6 is 27.7 Å². The van der Waals surface area contributed by atoms with Gasteiger partial charge in [-0.05, 0) is 35.0 Å². The van der Waals surface area contributed by atoms with Gasteiger partial charge in [0.25, 0.3) is 0 Å². The molecule has 0 atom stereocenters. The van der Waals surface area contributed by atoms with E-state index in [1.807, 2.05) is 6.26 Å². The monoisotopic (exact) mass is 383 g/mol. The standard InChI is InChI=1S/C12H18BrNO4S2/c1-19-12(4-2-3-5-12)8-14-20(16,17)10-6-9(7-15)18-11(10)13/h6,14-15H,2-5,7-8H2,1H3. The van der Waals surface area contributed by atoms with E-state index in [2.05, 4.69) is 20.7 Å². The predicted molar refractivity (Wildman–Crippen MR) is 82.2 cm³/mol. The molecule has 0 radical (unpaired) electrons. The minimum atomic E-state index is -3.63. The molecule has 1 fully saturated rings. The van der Waals surface area contributed by atoms with Gasteiger partial charge in [0.2, 0.25) is 10.0 Å². The second-order valence-corrected chi connectivity index (χ2v) is 8.66. The summed E-state index contributed by atoms with van der Waals surface area (Å²) in [7, 11) is -3.63. The highest BCUT2D eigenvalue weighted by atomic mass is 79.9. The van der Waals surface area contributed by atoms with Crippen LogP contribution in [0.25, 0.3) is 0 Å². The number of aliphatic hydroxyl groups is 1. The molecule has 8 heteroatoms. The molecule has 1 aromatic rings. The number of rotatable bonds is 6. The summed E-state index contributed by atoms with van der Waals surface area (Å²) < 4.78 is 32.5. The van der Waals surface area contributed by atoms with E-state index in [4.69, 9.17) is 9.52 Å². The number of sulfonamides is 1. The maximum atomic E-state index is 12.3. The molecule has 20 heavy (non-hydrogen) atoms. The highest BCUT2D eigenvalue weighted by Crippen LogP contribution is 2.40. The summed E-state index contributed by atoms with van der Waals surface area (Å²) in [5, 5.41) is 8.99. The summed E-state index contributed by atoms with van der Waals surface area (Å²) in [4.78, 5) is 0.0378. The molecular formula is C12H18BrNO4S2. The third-order valence-electron chi connectivity index (χ3n) is 3.68. The summed E-state index contributed by atoms with van der Waals surface area (Å²) in [5.74, 6) is 0.220. The average molecular weight is 384 g/mol. The molecule has 0 saturated heterocycles.